The van der Waals surface area contributed by atoms with Gasteiger partial charge in [-0.1, -0.05) is 0 Å². The van der Waals surface area contributed by atoms with Crippen molar-refractivity contribution in [1.29, 1.82) is 0 Å². The van der Waals surface area contributed by atoms with Gasteiger partial charge in [0, 0.05) is 11.6 Å². The lowest BCUT2D eigenvalue weighted by atomic mass is 10.3. The molecular weight excluding hydrogens is 296 g/mol. The van der Waals surface area contributed by atoms with E-state index in [-0.39, 0.29) is 0 Å². The van der Waals surface area contributed by atoms with E-state index < -0.39 is 0 Å². The van der Waals surface area contributed by atoms with Gasteiger partial charge >= 0.3 is 0 Å². The van der Waals surface area contributed by atoms with Gasteiger partial charge in [-0.3, -0.25) is 0 Å². The molecule has 0 radical (unpaired) electrons. The minimum atomic E-state index is 0.556. The predicted octanol–water partition coefficient (Wildman–Crippen LogP) is 3.81. The van der Waals surface area contributed by atoms with Gasteiger partial charge in [-0.15, -0.1) is 11.3 Å². The van der Waals surface area contributed by atoms with Crippen LogP contribution in [-0.2, 0) is 6.54 Å². The molecule has 0 unspecified atom stereocenters. The monoisotopic (exact) mass is 310 g/mol. The molecule has 0 aliphatic rings. The van der Waals surface area contributed by atoms with Crippen LogP contribution in [0.15, 0.2) is 40.4 Å². The quantitative estimate of drug-likeness (QED) is 0.577. The van der Waals surface area contributed by atoms with Gasteiger partial charge in [0.15, 0.2) is 5.65 Å². The van der Waals surface area contributed by atoms with Crippen LogP contribution in [0, 0.1) is 13.8 Å². The maximum absolute atomic E-state index is 5.84. The molecule has 0 spiro atoms. The third kappa shape index (κ3) is 2.12. The second kappa shape index (κ2) is 5.06. The molecule has 0 saturated carbocycles. The first-order valence-corrected chi connectivity index (χ1v) is 7.87. The maximum atomic E-state index is 5.84. The normalized spacial score (nSPS) is 11.4. The molecule has 110 valence electrons. The first-order chi connectivity index (χ1) is 10.7. The Morgan fingerprint density at radius 1 is 1.27 bits per heavy atom. The third-order valence-corrected chi connectivity index (χ3v) is 4.65. The summed E-state index contributed by atoms with van der Waals surface area (Å²) in [6.45, 7) is 4.56. The van der Waals surface area contributed by atoms with Crippen molar-refractivity contribution in [2.45, 2.75) is 20.4 Å². The highest BCUT2D eigenvalue weighted by Gasteiger charge is 2.15. The predicted molar refractivity (Wildman–Crippen MR) is 85.9 cm³/mol. The summed E-state index contributed by atoms with van der Waals surface area (Å²) < 4.78 is 7.69. The molecule has 0 aliphatic heterocycles. The Morgan fingerprint density at radius 2 is 2.18 bits per heavy atom. The van der Waals surface area contributed by atoms with Crippen molar-refractivity contribution in [2.24, 2.45) is 0 Å². The van der Waals surface area contributed by atoms with Crippen molar-refractivity contribution < 1.29 is 4.42 Å². The zero-order chi connectivity index (χ0) is 15.1. The zero-order valence-corrected chi connectivity index (χ0v) is 13.1. The van der Waals surface area contributed by atoms with E-state index >= 15 is 0 Å². The molecule has 22 heavy (non-hydrogen) atoms. The van der Waals surface area contributed by atoms with E-state index in [9.17, 15) is 0 Å². The van der Waals surface area contributed by atoms with E-state index in [1.165, 1.54) is 5.56 Å². The fourth-order valence-electron chi connectivity index (χ4n) is 2.43. The van der Waals surface area contributed by atoms with Gasteiger partial charge in [0.2, 0.25) is 5.89 Å². The third-order valence-electron chi connectivity index (χ3n) is 3.65. The fraction of sp³-hybridized carbons (Fsp3) is 0.188. The summed E-state index contributed by atoms with van der Waals surface area (Å²) in [4.78, 5) is 10.1. The molecule has 4 heterocycles. The van der Waals surface area contributed by atoms with Crippen LogP contribution in [-0.4, -0.2) is 19.7 Å². The fourth-order valence-corrected chi connectivity index (χ4v) is 3.28. The summed E-state index contributed by atoms with van der Waals surface area (Å²) >= 11 is 1.64. The highest BCUT2D eigenvalue weighted by Crippen LogP contribution is 2.30. The molecule has 0 fully saturated rings. The van der Waals surface area contributed by atoms with Gasteiger partial charge in [-0.05, 0) is 43.0 Å². The number of oxazole rings is 1. The van der Waals surface area contributed by atoms with Gasteiger partial charge in [-0.25, -0.2) is 14.6 Å². The van der Waals surface area contributed by atoms with Gasteiger partial charge in [0.05, 0.1) is 17.6 Å². The lowest BCUT2D eigenvalue weighted by molar-refractivity contribution is 0.537. The van der Waals surface area contributed by atoms with Crippen LogP contribution in [0.2, 0.25) is 0 Å². The van der Waals surface area contributed by atoms with E-state index in [0.717, 1.165) is 27.4 Å². The molecular formula is C16H14N4OS. The van der Waals surface area contributed by atoms with Crippen LogP contribution in [0.25, 0.3) is 21.8 Å². The largest absolute Gasteiger partial charge is 0.440 e. The summed E-state index contributed by atoms with van der Waals surface area (Å²) in [5.74, 6) is 1.51. The first kappa shape index (κ1) is 13.2. The molecule has 4 aromatic heterocycles. The lowest BCUT2D eigenvalue weighted by Crippen LogP contribution is -2.03. The molecule has 5 nitrogen and oxygen atoms in total. The summed E-state index contributed by atoms with van der Waals surface area (Å²) in [5, 5.41) is 7.47. The molecule has 6 heteroatoms. The van der Waals surface area contributed by atoms with E-state index in [4.69, 9.17) is 4.42 Å². The maximum Gasteiger partial charge on any atom is 0.237 e. The van der Waals surface area contributed by atoms with Crippen LogP contribution in [0.1, 0.15) is 17.0 Å². The number of hydrogen-bond donors (Lipinski definition) is 0. The number of pyridine rings is 1. The van der Waals surface area contributed by atoms with Crippen LogP contribution in [0.3, 0.4) is 0 Å². The molecule has 0 N–H and O–H groups in total. The summed E-state index contributed by atoms with van der Waals surface area (Å²) in [6, 6.07) is 5.99. The highest BCUT2D eigenvalue weighted by molar-refractivity contribution is 7.13. The molecule has 0 saturated heterocycles. The average molecular weight is 310 g/mol. The van der Waals surface area contributed by atoms with E-state index in [0.29, 0.717) is 12.4 Å². The number of hydrogen-bond acceptors (Lipinski definition) is 5. The molecule has 4 aromatic rings. The minimum absolute atomic E-state index is 0.556. The standard InChI is InChI=1S/C16H14N4OS/c1-10-5-7-22-14(10)16-19-13(11(2)21-16)9-20-15-12(8-18-20)4-3-6-17-15/h3-8H,9H2,1-2H3. The van der Waals surface area contributed by atoms with Crippen LogP contribution < -0.4 is 0 Å². The first-order valence-electron chi connectivity index (χ1n) is 6.99. The number of aryl methyl sites for hydroxylation is 2. The van der Waals surface area contributed by atoms with Crippen molar-refractivity contribution in [3.05, 3.63) is 53.0 Å². The number of thiophene rings is 1. The zero-order valence-electron chi connectivity index (χ0n) is 12.3. The van der Waals surface area contributed by atoms with E-state index in [1.807, 2.05) is 29.9 Å². The number of rotatable bonds is 3. The lowest BCUT2D eigenvalue weighted by Gasteiger charge is -1.99. The Balaban J connectivity index is 1.72. The number of aromatic nitrogens is 4. The highest BCUT2D eigenvalue weighted by atomic mass is 32.1. The van der Waals surface area contributed by atoms with Crippen molar-refractivity contribution in [2.75, 3.05) is 0 Å². The number of nitrogens with zero attached hydrogens (tertiary/aromatic N) is 4. The van der Waals surface area contributed by atoms with Crippen LogP contribution in [0.5, 0.6) is 0 Å². The smallest absolute Gasteiger partial charge is 0.237 e. The summed E-state index contributed by atoms with van der Waals surface area (Å²) in [5.41, 5.74) is 2.93. The average Bonchev–Trinajstić information content (AvgIpc) is 3.20. The van der Waals surface area contributed by atoms with E-state index in [2.05, 4.69) is 33.4 Å². The van der Waals surface area contributed by atoms with Crippen LogP contribution >= 0.6 is 11.3 Å². The Bertz CT molecular complexity index is 950. The Labute approximate surface area is 131 Å². The van der Waals surface area contributed by atoms with Crippen molar-refractivity contribution >= 4 is 22.4 Å². The Kier molecular flexibility index (Phi) is 3.04. The van der Waals surface area contributed by atoms with Crippen molar-refractivity contribution in [3.63, 3.8) is 0 Å². The minimum Gasteiger partial charge on any atom is -0.440 e. The SMILES string of the molecule is Cc1ccsc1-c1nc(Cn2ncc3cccnc32)c(C)o1. The summed E-state index contributed by atoms with van der Waals surface area (Å²) in [7, 11) is 0. The van der Waals surface area contributed by atoms with Crippen LogP contribution in [0.4, 0.5) is 0 Å². The van der Waals surface area contributed by atoms with Gasteiger partial charge < -0.3 is 4.42 Å². The number of fused-ring (bicyclic) bond motifs is 1. The molecule has 0 aliphatic carbocycles. The molecule has 0 atom stereocenters. The summed E-state index contributed by atoms with van der Waals surface area (Å²) in [6.07, 6.45) is 3.60. The Morgan fingerprint density at radius 3 is 3.00 bits per heavy atom. The molecule has 0 amide bonds. The van der Waals surface area contributed by atoms with Gasteiger partial charge in [-0.2, -0.15) is 5.10 Å². The van der Waals surface area contributed by atoms with Gasteiger partial charge in [0.25, 0.3) is 0 Å². The Hall–Kier alpha value is -2.47. The molecule has 0 bridgehead atoms. The topological polar surface area (TPSA) is 56.7 Å². The van der Waals surface area contributed by atoms with Gasteiger partial charge in [0.1, 0.15) is 11.5 Å². The van der Waals surface area contributed by atoms with E-state index in [1.54, 1.807) is 17.5 Å². The molecule has 0 aromatic carbocycles. The van der Waals surface area contributed by atoms with Crippen molar-refractivity contribution in [3.8, 4) is 10.8 Å². The second-order valence-electron chi connectivity index (χ2n) is 5.17. The second-order valence-corrected chi connectivity index (χ2v) is 6.09. The van der Waals surface area contributed by atoms with Crippen molar-refractivity contribution in [1.82, 2.24) is 19.7 Å². The molecule has 4 rings (SSSR count).